The van der Waals surface area contributed by atoms with Gasteiger partial charge in [0.05, 0.1) is 11.0 Å². The zero-order chi connectivity index (χ0) is 21.0. The smallest absolute Gasteiger partial charge is 0.407 e. The number of benzene rings is 2. The Labute approximate surface area is 170 Å². The molecule has 7 nitrogen and oxygen atoms in total. The average molecular weight is 394 g/mol. The molecule has 0 bridgehead atoms. The van der Waals surface area contributed by atoms with Crippen LogP contribution in [-0.4, -0.2) is 33.7 Å². The molecule has 0 unspecified atom stereocenters. The Kier molecular flexibility index (Phi) is 5.87. The molecule has 0 aliphatic heterocycles. The second kappa shape index (κ2) is 8.34. The minimum Gasteiger partial charge on any atom is -0.444 e. The van der Waals surface area contributed by atoms with E-state index in [1.165, 1.54) is 0 Å². The van der Waals surface area contributed by atoms with Crippen LogP contribution in [0.3, 0.4) is 0 Å². The predicted octanol–water partition coefficient (Wildman–Crippen LogP) is 4.09. The molecule has 3 aromatic rings. The number of ether oxygens (including phenoxy) is 1. The second-order valence-corrected chi connectivity index (χ2v) is 7.79. The Balaban J connectivity index is 1.55. The maximum Gasteiger partial charge on any atom is 0.407 e. The molecule has 2 aromatic carbocycles. The maximum atomic E-state index is 12.1. The third kappa shape index (κ3) is 5.34. The van der Waals surface area contributed by atoms with E-state index in [0.29, 0.717) is 5.69 Å². The fourth-order valence-electron chi connectivity index (χ4n) is 2.92. The number of anilines is 1. The first-order valence-electron chi connectivity index (χ1n) is 9.51. The molecule has 0 atom stereocenters. The molecule has 3 rings (SSSR count). The van der Waals surface area contributed by atoms with Gasteiger partial charge in [0.1, 0.15) is 11.4 Å². The third-order valence-electron chi connectivity index (χ3n) is 4.23. The van der Waals surface area contributed by atoms with Crippen LogP contribution < -0.4 is 10.6 Å². The van der Waals surface area contributed by atoms with E-state index in [-0.39, 0.29) is 18.9 Å². The molecule has 0 aliphatic rings. The Morgan fingerprint density at radius 3 is 2.41 bits per heavy atom. The highest BCUT2D eigenvalue weighted by Crippen LogP contribution is 2.24. The highest BCUT2D eigenvalue weighted by Gasteiger charge is 2.16. The number of aromatic nitrogens is 2. The normalized spacial score (nSPS) is 11.3. The highest BCUT2D eigenvalue weighted by atomic mass is 16.6. The summed E-state index contributed by atoms with van der Waals surface area (Å²) in [6.07, 6.45) is -0.372. The van der Waals surface area contributed by atoms with Crippen molar-refractivity contribution >= 4 is 28.7 Å². The number of imidazole rings is 1. The number of para-hydroxylation sites is 2. The maximum absolute atomic E-state index is 12.1. The van der Waals surface area contributed by atoms with Gasteiger partial charge < -0.3 is 19.9 Å². The van der Waals surface area contributed by atoms with Crippen LogP contribution in [0.2, 0.25) is 0 Å². The van der Waals surface area contributed by atoms with E-state index in [2.05, 4.69) is 15.6 Å². The van der Waals surface area contributed by atoms with E-state index in [9.17, 15) is 9.59 Å². The largest absolute Gasteiger partial charge is 0.444 e. The van der Waals surface area contributed by atoms with Gasteiger partial charge in [0.15, 0.2) is 0 Å². The number of carbonyl (C=O) groups excluding carboxylic acids is 2. The lowest BCUT2D eigenvalue weighted by molar-refractivity contribution is -0.116. The molecular weight excluding hydrogens is 368 g/mol. The summed E-state index contributed by atoms with van der Waals surface area (Å²) < 4.78 is 7.18. The number of nitrogens with zero attached hydrogens (tertiary/aromatic N) is 2. The molecule has 0 fully saturated rings. The lowest BCUT2D eigenvalue weighted by atomic mass is 10.2. The van der Waals surface area contributed by atoms with Crippen molar-refractivity contribution in [2.45, 2.75) is 32.8 Å². The second-order valence-electron chi connectivity index (χ2n) is 7.79. The van der Waals surface area contributed by atoms with Crippen LogP contribution in [0.1, 0.15) is 27.2 Å². The van der Waals surface area contributed by atoms with Gasteiger partial charge in [-0.3, -0.25) is 4.79 Å². The SMILES string of the molecule is Cn1c(-c2ccc(NC(=O)CCNC(=O)OC(C)(C)C)cc2)nc2ccccc21. The minimum absolute atomic E-state index is 0.158. The molecule has 2 amide bonds. The topological polar surface area (TPSA) is 85.2 Å². The summed E-state index contributed by atoms with van der Waals surface area (Å²) in [6, 6.07) is 15.5. The van der Waals surface area contributed by atoms with Crippen molar-refractivity contribution in [3.63, 3.8) is 0 Å². The first-order valence-corrected chi connectivity index (χ1v) is 9.51. The Morgan fingerprint density at radius 1 is 1.07 bits per heavy atom. The van der Waals surface area contributed by atoms with Crippen LogP contribution >= 0.6 is 0 Å². The zero-order valence-corrected chi connectivity index (χ0v) is 17.2. The van der Waals surface area contributed by atoms with Gasteiger partial charge >= 0.3 is 6.09 Å². The van der Waals surface area contributed by atoms with Crippen LogP contribution in [-0.2, 0) is 16.6 Å². The Morgan fingerprint density at radius 2 is 1.76 bits per heavy atom. The van der Waals surface area contributed by atoms with Crippen LogP contribution in [0.5, 0.6) is 0 Å². The van der Waals surface area contributed by atoms with E-state index in [4.69, 9.17) is 4.74 Å². The van der Waals surface area contributed by atoms with Crippen LogP contribution in [0.25, 0.3) is 22.4 Å². The predicted molar refractivity (Wildman–Crippen MR) is 114 cm³/mol. The van der Waals surface area contributed by atoms with Crippen molar-refractivity contribution < 1.29 is 14.3 Å². The van der Waals surface area contributed by atoms with Gasteiger partial charge in [-0.25, -0.2) is 9.78 Å². The monoisotopic (exact) mass is 394 g/mol. The van der Waals surface area contributed by atoms with Gasteiger partial charge in [-0.1, -0.05) is 12.1 Å². The number of alkyl carbamates (subject to hydrolysis) is 1. The van der Waals surface area contributed by atoms with Gasteiger partial charge in [0, 0.05) is 31.3 Å². The fourth-order valence-corrected chi connectivity index (χ4v) is 2.92. The summed E-state index contributed by atoms with van der Waals surface area (Å²) in [7, 11) is 1.98. The van der Waals surface area contributed by atoms with E-state index >= 15 is 0 Å². The van der Waals surface area contributed by atoms with E-state index in [1.54, 1.807) is 20.8 Å². The standard InChI is InChI=1S/C22H26N4O3/c1-22(2,3)29-21(28)23-14-13-19(27)24-16-11-9-15(10-12-16)20-25-17-7-5-6-8-18(17)26(20)4/h5-12H,13-14H2,1-4H3,(H,23,28)(H,24,27). The number of aryl methyl sites for hydroxylation is 1. The average Bonchev–Trinajstić information content (AvgIpc) is 2.98. The van der Waals surface area contributed by atoms with Crippen molar-refractivity contribution in [2.75, 3.05) is 11.9 Å². The van der Waals surface area contributed by atoms with Crippen molar-refractivity contribution in [1.29, 1.82) is 0 Å². The third-order valence-corrected chi connectivity index (χ3v) is 4.23. The molecule has 2 N–H and O–H groups in total. The molecule has 0 radical (unpaired) electrons. The Bertz CT molecular complexity index is 1020. The summed E-state index contributed by atoms with van der Waals surface area (Å²) in [4.78, 5) is 28.4. The molecule has 0 saturated heterocycles. The molecule has 0 aliphatic carbocycles. The summed E-state index contributed by atoms with van der Waals surface area (Å²) in [5.41, 5.74) is 3.10. The fraction of sp³-hybridized carbons (Fsp3) is 0.318. The summed E-state index contributed by atoms with van der Waals surface area (Å²) in [6.45, 7) is 5.57. The van der Waals surface area contributed by atoms with Crippen molar-refractivity contribution in [3.05, 3.63) is 48.5 Å². The molecule has 0 spiro atoms. The number of rotatable bonds is 5. The minimum atomic E-state index is -0.562. The number of hydrogen-bond acceptors (Lipinski definition) is 4. The lowest BCUT2D eigenvalue weighted by Gasteiger charge is -2.19. The number of nitrogens with one attached hydrogen (secondary N) is 2. The van der Waals surface area contributed by atoms with Crippen molar-refractivity contribution in [1.82, 2.24) is 14.9 Å². The number of amides is 2. The van der Waals surface area contributed by atoms with Gasteiger partial charge in [-0.15, -0.1) is 0 Å². The molecule has 29 heavy (non-hydrogen) atoms. The van der Waals surface area contributed by atoms with E-state index < -0.39 is 11.7 Å². The summed E-state index contributed by atoms with van der Waals surface area (Å²) >= 11 is 0. The summed E-state index contributed by atoms with van der Waals surface area (Å²) in [5.74, 6) is 0.683. The Hall–Kier alpha value is -3.35. The van der Waals surface area contributed by atoms with E-state index in [1.807, 2.05) is 60.1 Å². The van der Waals surface area contributed by atoms with Crippen molar-refractivity contribution in [2.24, 2.45) is 7.05 Å². The first-order chi connectivity index (χ1) is 13.7. The summed E-state index contributed by atoms with van der Waals surface area (Å²) in [5, 5.41) is 5.40. The zero-order valence-electron chi connectivity index (χ0n) is 17.2. The van der Waals surface area contributed by atoms with Gasteiger partial charge in [-0.2, -0.15) is 0 Å². The van der Waals surface area contributed by atoms with Gasteiger partial charge in [0.25, 0.3) is 0 Å². The molecule has 0 saturated carbocycles. The molecular formula is C22H26N4O3. The van der Waals surface area contributed by atoms with Crippen LogP contribution in [0.15, 0.2) is 48.5 Å². The van der Waals surface area contributed by atoms with Gasteiger partial charge in [-0.05, 0) is 57.2 Å². The molecule has 1 aromatic heterocycles. The van der Waals surface area contributed by atoms with Crippen molar-refractivity contribution in [3.8, 4) is 11.4 Å². The quantitative estimate of drug-likeness (QED) is 0.682. The molecule has 1 heterocycles. The molecule has 7 heteroatoms. The first kappa shape index (κ1) is 20.4. The number of fused-ring (bicyclic) bond motifs is 1. The van der Waals surface area contributed by atoms with Crippen LogP contribution in [0, 0.1) is 0 Å². The highest BCUT2D eigenvalue weighted by molar-refractivity contribution is 5.91. The number of carbonyl (C=O) groups is 2. The molecule has 152 valence electrons. The van der Waals surface area contributed by atoms with Crippen LogP contribution in [0.4, 0.5) is 10.5 Å². The van der Waals surface area contributed by atoms with E-state index in [0.717, 1.165) is 22.4 Å². The lowest BCUT2D eigenvalue weighted by Crippen LogP contribution is -2.34. The van der Waals surface area contributed by atoms with Gasteiger partial charge in [0.2, 0.25) is 5.91 Å². The number of hydrogen-bond donors (Lipinski definition) is 2.